The van der Waals surface area contributed by atoms with E-state index in [1.165, 1.54) is 43.4 Å². The summed E-state index contributed by atoms with van der Waals surface area (Å²) < 4.78 is 0. The van der Waals surface area contributed by atoms with Crippen molar-refractivity contribution in [1.82, 2.24) is 9.80 Å². The Morgan fingerprint density at radius 2 is 1.55 bits per heavy atom. The molecule has 0 aliphatic carbocycles. The average Bonchev–Trinajstić information content (AvgIpc) is 2.42. The topological polar surface area (TPSA) is 6.48 Å². The summed E-state index contributed by atoms with van der Waals surface area (Å²) in [6.45, 7) is 18.5. The Morgan fingerprint density at radius 1 is 0.900 bits per heavy atom. The van der Waals surface area contributed by atoms with Gasteiger partial charge >= 0.3 is 0 Å². The molecular weight excluding hydrogens is 304 g/mol. The van der Waals surface area contributed by atoms with Crippen LogP contribution in [0.15, 0.2) is 0 Å². The van der Waals surface area contributed by atoms with Crippen molar-refractivity contribution < 1.29 is 0 Å². The fourth-order valence-corrected chi connectivity index (χ4v) is 6.30. The van der Waals surface area contributed by atoms with Gasteiger partial charge in [-0.3, -0.25) is 9.80 Å². The molecule has 0 unspecified atom stereocenters. The molecule has 122 valence electrons. The van der Waals surface area contributed by atoms with Crippen LogP contribution in [-0.4, -0.2) is 51.8 Å². The molecule has 0 rings (SSSR count). The fraction of sp³-hybridized carbons (Fsp3) is 1.00. The maximum absolute atomic E-state index is 2.57. The summed E-state index contributed by atoms with van der Waals surface area (Å²) in [5, 5.41) is 1.18. The van der Waals surface area contributed by atoms with E-state index < -0.39 is 0 Å². The summed E-state index contributed by atoms with van der Waals surface area (Å²) in [4.78, 5) is 5.34. The second-order valence-electron chi connectivity index (χ2n) is 5.39. The van der Waals surface area contributed by atoms with Gasteiger partial charge in [0.2, 0.25) is 0 Å². The smallest absolute Gasteiger partial charge is 0.0716 e. The SMILES string of the molecule is CCCN(CC)CSCSSC(C)(C)N(CC)CCC. The van der Waals surface area contributed by atoms with E-state index in [1.54, 1.807) is 0 Å². The van der Waals surface area contributed by atoms with E-state index in [0.29, 0.717) is 0 Å². The highest BCUT2D eigenvalue weighted by molar-refractivity contribution is 8.78. The van der Waals surface area contributed by atoms with Crippen LogP contribution in [0.3, 0.4) is 0 Å². The average molecular weight is 339 g/mol. The van der Waals surface area contributed by atoms with Gasteiger partial charge in [-0.2, -0.15) is 0 Å². The van der Waals surface area contributed by atoms with Crippen molar-refractivity contribution in [2.45, 2.75) is 59.3 Å². The first kappa shape index (κ1) is 21.0. The molecule has 0 fully saturated rings. The monoisotopic (exact) mass is 338 g/mol. The summed E-state index contributed by atoms with van der Waals surface area (Å²) in [6, 6.07) is 0. The van der Waals surface area contributed by atoms with Gasteiger partial charge in [0, 0.05) is 5.88 Å². The summed E-state index contributed by atoms with van der Waals surface area (Å²) in [5.74, 6) is 1.17. The van der Waals surface area contributed by atoms with Gasteiger partial charge in [-0.1, -0.05) is 49.3 Å². The molecule has 0 amide bonds. The molecule has 0 aromatic carbocycles. The van der Waals surface area contributed by atoms with Crippen molar-refractivity contribution in [3.63, 3.8) is 0 Å². The van der Waals surface area contributed by atoms with Gasteiger partial charge in [0.05, 0.1) is 9.96 Å². The Kier molecular flexibility index (Phi) is 13.1. The van der Waals surface area contributed by atoms with Crippen LogP contribution in [0.5, 0.6) is 0 Å². The van der Waals surface area contributed by atoms with E-state index in [-0.39, 0.29) is 4.87 Å². The zero-order chi connectivity index (χ0) is 15.4. The van der Waals surface area contributed by atoms with Gasteiger partial charge < -0.3 is 0 Å². The van der Waals surface area contributed by atoms with Crippen molar-refractivity contribution in [3.05, 3.63) is 0 Å². The maximum Gasteiger partial charge on any atom is 0.0716 e. The van der Waals surface area contributed by atoms with Crippen LogP contribution in [0, 0.1) is 0 Å². The predicted molar refractivity (Wildman–Crippen MR) is 102 cm³/mol. The van der Waals surface area contributed by atoms with Crippen LogP contribution >= 0.6 is 33.3 Å². The minimum atomic E-state index is 0.240. The van der Waals surface area contributed by atoms with Crippen LogP contribution in [-0.2, 0) is 0 Å². The summed E-state index contributed by atoms with van der Waals surface area (Å²) in [5.41, 5.74) is 0. The molecule has 0 aliphatic rings. The predicted octanol–water partition coefficient (Wildman–Crippen LogP) is 5.22. The largest absolute Gasteiger partial charge is 0.294 e. The number of thioether (sulfide) groups is 1. The third kappa shape index (κ3) is 9.08. The summed E-state index contributed by atoms with van der Waals surface area (Å²) in [6.07, 6.45) is 2.49. The number of hydrogen-bond acceptors (Lipinski definition) is 5. The molecule has 0 saturated carbocycles. The standard InChI is InChI=1S/C15H34N2S3/c1-7-11-16(9-3)13-18-14-19-20-15(5,6)17(10-4)12-8-2/h7-14H2,1-6H3. The molecule has 0 heterocycles. The van der Waals surface area contributed by atoms with Gasteiger partial charge in [0.25, 0.3) is 0 Å². The minimum Gasteiger partial charge on any atom is -0.294 e. The van der Waals surface area contributed by atoms with E-state index in [4.69, 9.17) is 0 Å². The molecule has 2 nitrogen and oxygen atoms in total. The summed E-state index contributed by atoms with van der Waals surface area (Å²) >= 11 is 2.05. The number of hydrogen-bond donors (Lipinski definition) is 0. The van der Waals surface area contributed by atoms with E-state index in [9.17, 15) is 0 Å². The Bertz CT molecular complexity index is 225. The van der Waals surface area contributed by atoms with Crippen molar-refractivity contribution in [2.75, 3.05) is 37.1 Å². The van der Waals surface area contributed by atoms with Crippen LogP contribution in [0.1, 0.15) is 54.4 Å². The lowest BCUT2D eigenvalue weighted by molar-refractivity contribution is 0.208. The second kappa shape index (κ2) is 12.5. The van der Waals surface area contributed by atoms with Crippen molar-refractivity contribution in [2.24, 2.45) is 0 Å². The lowest BCUT2D eigenvalue weighted by Gasteiger charge is -2.36. The molecule has 0 saturated heterocycles. The third-order valence-corrected chi connectivity index (χ3v) is 8.12. The lowest BCUT2D eigenvalue weighted by atomic mass is 10.3. The van der Waals surface area contributed by atoms with Gasteiger partial charge in [0.15, 0.2) is 0 Å². The maximum atomic E-state index is 2.57. The van der Waals surface area contributed by atoms with Gasteiger partial charge in [-0.05, 0) is 52.9 Å². The highest BCUT2D eigenvalue weighted by Gasteiger charge is 2.25. The number of rotatable bonds is 13. The molecule has 0 radical (unpaired) electrons. The molecule has 0 spiro atoms. The Morgan fingerprint density at radius 3 is 2.05 bits per heavy atom. The zero-order valence-corrected chi connectivity index (χ0v) is 16.7. The highest BCUT2D eigenvalue weighted by Crippen LogP contribution is 2.39. The Hall–Kier alpha value is 0.970. The van der Waals surface area contributed by atoms with Crippen LogP contribution in [0.25, 0.3) is 0 Å². The van der Waals surface area contributed by atoms with Gasteiger partial charge in [-0.25, -0.2) is 0 Å². The number of nitrogens with zero attached hydrogens (tertiary/aromatic N) is 2. The van der Waals surface area contributed by atoms with Gasteiger partial charge in [0.1, 0.15) is 0 Å². The quantitative estimate of drug-likeness (QED) is 0.257. The van der Waals surface area contributed by atoms with E-state index >= 15 is 0 Å². The Labute approximate surface area is 139 Å². The Balaban J connectivity index is 3.86. The normalized spacial score (nSPS) is 12.6. The fourth-order valence-electron chi connectivity index (χ4n) is 2.13. The molecule has 0 N–H and O–H groups in total. The first-order valence-corrected chi connectivity index (χ1v) is 11.3. The van der Waals surface area contributed by atoms with Crippen molar-refractivity contribution in [1.29, 1.82) is 0 Å². The van der Waals surface area contributed by atoms with E-state index in [2.05, 4.69) is 51.3 Å². The minimum absolute atomic E-state index is 0.240. The molecule has 20 heavy (non-hydrogen) atoms. The molecule has 5 heteroatoms. The molecule has 0 aliphatic heterocycles. The molecule has 0 atom stereocenters. The molecular formula is C15H34N2S3. The third-order valence-electron chi connectivity index (χ3n) is 3.29. The molecule has 0 bridgehead atoms. The molecule has 0 aromatic heterocycles. The van der Waals surface area contributed by atoms with Crippen molar-refractivity contribution >= 4 is 33.3 Å². The van der Waals surface area contributed by atoms with Gasteiger partial charge in [-0.15, -0.1) is 11.8 Å². The van der Waals surface area contributed by atoms with Crippen LogP contribution in [0.4, 0.5) is 0 Å². The zero-order valence-electron chi connectivity index (χ0n) is 14.3. The van der Waals surface area contributed by atoms with E-state index in [0.717, 1.165) is 6.54 Å². The van der Waals surface area contributed by atoms with Crippen molar-refractivity contribution in [3.8, 4) is 0 Å². The lowest BCUT2D eigenvalue weighted by Crippen LogP contribution is -2.41. The van der Waals surface area contributed by atoms with Crippen LogP contribution < -0.4 is 0 Å². The first-order valence-electron chi connectivity index (χ1n) is 7.87. The highest BCUT2D eigenvalue weighted by atomic mass is 33.1. The second-order valence-corrected chi connectivity index (χ2v) is 9.61. The first-order chi connectivity index (χ1) is 9.51. The molecule has 0 aromatic rings. The summed E-state index contributed by atoms with van der Waals surface area (Å²) in [7, 11) is 4.04. The van der Waals surface area contributed by atoms with E-state index in [1.807, 2.05) is 33.3 Å². The van der Waals surface area contributed by atoms with Crippen LogP contribution in [0.2, 0.25) is 0 Å².